The lowest BCUT2D eigenvalue weighted by Crippen LogP contribution is -2.69. The summed E-state index contributed by atoms with van der Waals surface area (Å²) in [7, 11) is 0. The fraction of sp³-hybridized carbons (Fsp3) is 1.00. The van der Waals surface area contributed by atoms with Gasteiger partial charge in [0.1, 0.15) is 171 Å². The molecule has 0 saturated carbocycles. The second-order valence-electron chi connectivity index (χ2n) is 28.6. The normalized spacial score (nSPS) is 48.6. The van der Waals surface area contributed by atoms with Crippen LogP contribution in [0, 0.1) is 0 Å². The molecule has 0 amide bonds. The Morgan fingerprint density at radius 3 is 0.463 bits per heavy atom. The lowest BCUT2D eigenvalue weighted by atomic mass is 9.93. The minimum absolute atomic E-state index is 0.388. The fourth-order valence-electron chi connectivity index (χ4n) is 14.1. The van der Waals surface area contributed by atoms with E-state index in [1.54, 1.807) is 0 Å². The molecule has 108 heavy (non-hydrogen) atoms. The number of aliphatic hydroxyl groups excluding tert-OH is 24. The third-order valence-corrected chi connectivity index (χ3v) is 19.7. The van der Waals surface area contributed by atoms with Crippen molar-refractivity contribution in [1.29, 1.82) is 0 Å². The van der Waals surface area contributed by atoms with Crippen molar-refractivity contribution in [2.24, 2.45) is 0 Å². The highest BCUT2D eigenvalue weighted by molar-refractivity contribution is 5.03. The summed E-state index contributed by atoms with van der Waals surface area (Å²) in [6.07, 6.45) is -85.8. The van der Waals surface area contributed by atoms with Gasteiger partial charge in [-0.15, -0.1) is 0 Å². The molecule has 632 valence electrons. The maximum Gasteiger partial charge on any atom is 0.187 e. The van der Waals surface area contributed by atoms with Crippen LogP contribution in [0.1, 0.15) is 53.4 Å². The molecule has 16 bridgehead atoms. The van der Waals surface area contributed by atoms with Crippen LogP contribution in [-0.2, 0) is 94.7 Å². The molecule has 30 aliphatic rings. The van der Waals surface area contributed by atoms with Crippen molar-refractivity contribution in [2.45, 2.75) is 323 Å². The predicted molar refractivity (Wildman–Crippen MR) is 341 cm³/mol. The zero-order chi connectivity index (χ0) is 78.9. The summed E-state index contributed by atoms with van der Waals surface area (Å²) in [6.45, 7) is -1.60. The van der Waals surface area contributed by atoms with E-state index < -0.39 is 362 Å². The SMILES string of the molecule is CC(O)COCC1OC2OC3C(COCC(C)O)OC(OC4C(COCC(C)O)OC(OC5C(COCC(C)O)OC(OC6C(CCO)OC(OC7C(CCO)OC(OC8C(CCO)OC(OC9C(CCO)OC(OC1C(O)C2O)C(O)C9O)C(O)C8O)C(O)C7O)C(O)C6O)C(O)C5O)C(O)C4O)C(O)C3O. The molecule has 30 heterocycles. The minimum Gasteiger partial charge on any atom is -0.396 e. The maximum absolute atomic E-state index is 12.1. The third-order valence-electron chi connectivity index (χ3n) is 19.7. The molecule has 0 aromatic carbocycles. The molecule has 30 fully saturated rings. The first kappa shape index (κ1) is 90.2. The Morgan fingerprint density at radius 2 is 0.333 bits per heavy atom. The van der Waals surface area contributed by atoms with E-state index >= 15 is 0 Å². The minimum atomic E-state index is -2.26. The first-order chi connectivity index (χ1) is 51.3. The average Bonchev–Trinajstić information content (AvgIpc) is 0.774. The number of rotatable bonds is 24. The molecule has 0 radical (unpaired) electrons. The molecular formula is C64H112O44. The molecule has 0 aromatic rings. The lowest BCUT2D eigenvalue weighted by molar-refractivity contribution is -0.403. The van der Waals surface area contributed by atoms with Crippen molar-refractivity contribution in [1.82, 2.24) is 0 Å². The molecule has 0 spiro atoms. The lowest BCUT2D eigenvalue weighted by Gasteiger charge is -2.51. The second kappa shape index (κ2) is 41.4. The maximum atomic E-state index is 12.1. The van der Waals surface area contributed by atoms with Gasteiger partial charge in [-0.25, -0.2) is 0 Å². The van der Waals surface area contributed by atoms with Crippen LogP contribution < -0.4 is 0 Å². The van der Waals surface area contributed by atoms with Gasteiger partial charge >= 0.3 is 0 Å². The van der Waals surface area contributed by atoms with E-state index in [1.807, 2.05) is 0 Å². The van der Waals surface area contributed by atoms with Crippen LogP contribution in [0.25, 0.3) is 0 Å². The highest BCUT2D eigenvalue weighted by Crippen LogP contribution is 2.41. The number of hydrogen-bond donors (Lipinski definition) is 24. The van der Waals surface area contributed by atoms with E-state index in [-0.39, 0.29) is 13.2 Å². The summed E-state index contributed by atoms with van der Waals surface area (Å²) in [5.74, 6) is 0. The van der Waals surface area contributed by atoms with Gasteiger partial charge in [0.05, 0.1) is 102 Å². The zero-order valence-corrected chi connectivity index (χ0v) is 59.6. The molecule has 24 N–H and O–H groups in total. The Morgan fingerprint density at radius 1 is 0.204 bits per heavy atom. The highest BCUT2D eigenvalue weighted by atomic mass is 16.8. The Kier molecular flexibility index (Phi) is 34.5. The molecular weight excluding hydrogens is 1470 g/mol. The quantitative estimate of drug-likeness (QED) is 0.0427. The van der Waals surface area contributed by atoms with Crippen molar-refractivity contribution < 1.29 is 217 Å². The Balaban J connectivity index is 1.06. The Bertz CT molecular complexity index is 2550. The van der Waals surface area contributed by atoms with E-state index in [4.69, 9.17) is 94.7 Å². The molecule has 0 aromatic heterocycles. The molecule has 0 aliphatic carbocycles. The molecule has 44 atom stereocenters. The van der Waals surface area contributed by atoms with Crippen LogP contribution in [0.3, 0.4) is 0 Å². The van der Waals surface area contributed by atoms with Crippen molar-refractivity contribution in [3.05, 3.63) is 0 Å². The van der Waals surface area contributed by atoms with Crippen molar-refractivity contribution in [3.8, 4) is 0 Å². The van der Waals surface area contributed by atoms with Gasteiger partial charge in [0.25, 0.3) is 0 Å². The van der Waals surface area contributed by atoms with Crippen molar-refractivity contribution >= 4 is 0 Å². The van der Waals surface area contributed by atoms with Gasteiger partial charge < -0.3 is 217 Å². The van der Waals surface area contributed by atoms with Gasteiger partial charge in [-0.05, 0) is 53.4 Å². The Labute approximate surface area is 618 Å². The van der Waals surface area contributed by atoms with Crippen LogP contribution in [0.5, 0.6) is 0 Å². The summed E-state index contributed by atoms with van der Waals surface area (Å²) in [6, 6.07) is 0. The predicted octanol–water partition coefficient (Wildman–Crippen LogP) is -14.2. The van der Waals surface area contributed by atoms with Gasteiger partial charge in [0.2, 0.25) is 0 Å². The van der Waals surface area contributed by atoms with Gasteiger partial charge in [-0.2, -0.15) is 0 Å². The summed E-state index contributed by atoms with van der Waals surface area (Å²) in [5, 5.41) is 272. The van der Waals surface area contributed by atoms with Gasteiger partial charge in [-0.1, -0.05) is 0 Å². The highest BCUT2D eigenvalue weighted by Gasteiger charge is 2.61. The number of hydrogen-bond acceptors (Lipinski definition) is 44. The Hall–Kier alpha value is -1.76. The first-order valence-electron chi connectivity index (χ1n) is 36.2. The summed E-state index contributed by atoms with van der Waals surface area (Å²) < 4.78 is 120. The van der Waals surface area contributed by atoms with Gasteiger partial charge in [-0.3, -0.25) is 0 Å². The van der Waals surface area contributed by atoms with Crippen LogP contribution in [0.4, 0.5) is 0 Å². The van der Waals surface area contributed by atoms with E-state index in [0.717, 1.165) is 0 Å². The monoisotopic (exact) mass is 1580 g/mol. The fourth-order valence-corrected chi connectivity index (χ4v) is 14.1. The van der Waals surface area contributed by atoms with E-state index in [2.05, 4.69) is 0 Å². The third kappa shape index (κ3) is 21.7. The topological polar surface area (TPSA) is 670 Å². The number of ether oxygens (including phenoxy) is 20. The van der Waals surface area contributed by atoms with E-state index in [1.165, 1.54) is 27.7 Å². The van der Waals surface area contributed by atoms with Crippen LogP contribution >= 0.6 is 0 Å². The second-order valence-corrected chi connectivity index (χ2v) is 28.6. The molecule has 30 saturated heterocycles. The zero-order valence-electron chi connectivity index (χ0n) is 59.6. The van der Waals surface area contributed by atoms with Crippen LogP contribution in [0.2, 0.25) is 0 Å². The molecule has 30 aliphatic heterocycles. The van der Waals surface area contributed by atoms with Crippen LogP contribution in [0.15, 0.2) is 0 Å². The van der Waals surface area contributed by atoms with Gasteiger partial charge in [0, 0.05) is 26.4 Å². The van der Waals surface area contributed by atoms with E-state index in [9.17, 15) is 123 Å². The standard InChI is InChI=1S/C64H112O44/c1-21(69)13-89-17-29-53-38(78)46(86)62(98-29)107-55-31(19-91-15-23(3)71)100-64(48(88)40(55)80)108-56-32(20-92-16-24(4)72)99-63(47(87)39(56)79)106-54-30(18-90-14-22(2)70)97-61(45(85)37(54)77)104-52-28(8-12-68)95-59(43(83)35(52)75)102-50-26(6-10-66)93-57(41(81)33(50)73)101-49-25(5-9-65)94-58(42(82)34(49)74)103-51-27(7-11-67)96-60(105-53)44(84)36(51)76/h21-88H,5-20H2,1-4H3. The van der Waals surface area contributed by atoms with Crippen LogP contribution in [-0.4, -0.2) is 472 Å². The van der Waals surface area contributed by atoms with Crippen molar-refractivity contribution in [3.63, 3.8) is 0 Å². The molecule has 44 nitrogen and oxygen atoms in total. The first-order valence-corrected chi connectivity index (χ1v) is 36.2. The van der Waals surface area contributed by atoms with Gasteiger partial charge in [0.15, 0.2) is 50.3 Å². The summed E-state index contributed by atoms with van der Waals surface area (Å²) in [4.78, 5) is 0. The summed E-state index contributed by atoms with van der Waals surface area (Å²) >= 11 is 0. The molecule has 44 heteroatoms. The smallest absolute Gasteiger partial charge is 0.187 e. The average molecular weight is 1590 g/mol. The van der Waals surface area contributed by atoms with Crippen molar-refractivity contribution in [2.75, 3.05) is 79.3 Å². The molecule has 30 rings (SSSR count). The largest absolute Gasteiger partial charge is 0.396 e. The van der Waals surface area contributed by atoms with E-state index in [0.29, 0.717) is 0 Å². The number of aliphatic hydroxyl groups is 24. The summed E-state index contributed by atoms with van der Waals surface area (Å²) in [5.41, 5.74) is 0. The molecule has 44 unspecified atom stereocenters.